The summed E-state index contributed by atoms with van der Waals surface area (Å²) < 4.78 is 0. The molecule has 0 amide bonds. The first kappa shape index (κ1) is 6.30. The van der Waals surface area contributed by atoms with Crippen molar-refractivity contribution in [2.45, 2.75) is 6.54 Å². The van der Waals surface area contributed by atoms with Gasteiger partial charge in [0.05, 0.1) is 7.05 Å². The van der Waals surface area contributed by atoms with E-state index in [4.69, 9.17) is 0 Å². The lowest BCUT2D eigenvalue weighted by molar-refractivity contribution is -0.643. The van der Waals surface area contributed by atoms with Crippen molar-refractivity contribution in [2.24, 2.45) is 0 Å². The van der Waals surface area contributed by atoms with Gasteiger partial charge in [-0.3, -0.25) is 0 Å². The molecule has 0 aliphatic rings. The van der Waals surface area contributed by atoms with Gasteiger partial charge in [0.15, 0.2) is 0 Å². The van der Waals surface area contributed by atoms with Gasteiger partial charge in [0.1, 0.15) is 6.54 Å². The predicted molar refractivity (Wildman–Crippen MR) is 38.0 cm³/mol. The number of benzene rings is 1. The van der Waals surface area contributed by atoms with Gasteiger partial charge >= 0.3 is 0 Å². The van der Waals surface area contributed by atoms with Crippen LogP contribution in [0.4, 0.5) is 0 Å². The van der Waals surface area contributed by atoms with E-state index in [1.54, 1.807) is 0 Å². The molecule has 1 aromatic carbocycles. The highest BCUT2D eigenvalue weighted by molar-refractivity contribution is 5.12. The SMILES string of the molecule is C[NH2+]Cc1ccccc1. The predicted octanol–water partition coefficient (Wildman–Crippen LogP) is 0.380. The Bertz CT molecular complexity index is 157. The molecule has 0 aliphatic carbocycles. The third kappa shape index (κ3) is 1.86. The highest BCUT2D eigenvalue weighted by Crippen LogP contribution is 1.93. The number of nitrogens with two attached hydrogens (primary N) is 1. The summed E-state index contributed by atoms with van der Waals surface area (Å²) in [7, 11) is 2.08. The summed E-state index contributed by atoms with van der Waals surface area (Å²) in [5.41, 5.74) is 1.39. The number of hydrogen-bond donors (Lipinski definition) is 1. The van der Waals surface area contributed by atoms with E-state index in [1.807, 2.05) is 6.07 Å². The van der Waals surface area contributed by atoms with Crippen LogP contribution in [0.5, 0.6) is 0 Å². The molecule has 0 bridgehead atoms. The Hall–Kier alpha value is -0.820. The van der Waals surface area contributed by atoms with Crippen molar-refractivity contribution in [1.82, 2.24) is 0 Å². The molecule has 0 radical (unpaired) electrons. The maximum Gasteiger partial charge on any atom is 0.101 e. The molecule has 2 N–H and O–H groups in total. The summed E-state index contributed by atoms with van der Waals surface area (Å²) in [5, 5.41) is 2.16. The van der Waals surface area contributed by atoms with Crippen molar-refractivity contribution in [2.75, 3.05) is 7.05 Å². The van der Waals surface area contributed by atoms with Crippen LogP contribution in [0.15, 0.2) is 30.3 Å². The normalized spacial score (nSPS) is 9.44. The third-order valence-corrected chi connectivity index (χ3v) is 1.28. The Kier molecular flexibility index (Phi) is 2.28. The van der Waals surface area contributed by atoms with Crippen LogP contribution in [0, 0.1) is 0 Å². The van der Waals surface area contributed by atoms with Crippen LogP contribution in [-0.4, -0.2) is 7.05 Å². The zero-order chi connectivity index (χ0) is 6.53. The summed E-state index contributed by atoms with van der Waals surface area (Å²) in [4.78, 5) is 0. The molecule has 0 saturated carbocycles. The highest BCUT2D eigenvalue weighted by atomic mass is 14.8. The minimum atomic E-state index is 1.08. The van der Waals surface area contributed by atoms with Crippen LogP contribution < -0.4 is 5.32 Å². The first-order valence-corrected chi connectivity index (χ1v) is 3.25. The Morgan fingerprint density at radius 3 is 2.44 bits per heavy atom. The summed E-state index contributed by atoms with van der Waals surface area (Å²) >= 11 is 0. The van der Waals surface area contributed by atoms with Gasteiger partial charge in [-0.25, -0.2) is 0 Å². The van der Waals surface area contributed by atoms with Crippen LogP contribution in [0.25, 0.3) is 0 Å². The summed E-state index contributed by atoms with van der Waals surface area (Å²) in [6.07, 6.45) is 0. The lowest BCUT2D eigenvalue weighted by Crippen LogP contribution is -2.77. The van der Waals surface area contributed by atoms with E-state index >= 15 is 0 Å². The van der Waals surface area contributed by atoms with Gasteiger partial charge in [-0.05, 0) is 0 Å². The maximum atomic E-state index is 2.16. The molecule has 9 heavy (non-hydrogen) atoms. The van der Waals surface area contributed by atoms with E-state index in [2.05, 4.69) is 36.6 Å². The second-order valence-corrected chi connectivity index (χ2v) is 2.10. The van der Waals surface area contributed by atoms with Crippen molar-refractivity contribution in [1.29, 1.82) is 0 Å². The fraction of sp³-hybridized carbons (Fsp3) is 0.250. The molecule has 0 spiro atoms. The second kappa shape index (κ2) is 3.25. The van der Waals surface area contributed by atoms with Gasteiger partial charge in [0, 0.05) is 5.56 Å². The van der Waals surface area contributed by atoms with Crippen molar-refractivity contribution < 1.29 is 5.32 Å². The van der Waals surface area contributed by atoms with E-state index in [-0.39, 0.29) is 0 Å². The minimum Gasteiger partial charge on any atom is -0.345 e. The van der Waals surface area contributed by atoms with Gasteiger partial charge in [-0.2, -0.15) is 0 Å². The molecule has 1 nitrogen and oxygen atoms in total. The smallest absolute Gasteiger partial charge is 0.101 e. The zero-order valence-electron chi connectivity index (χ0n) is 5.67. The number of rotatable bonds is 2. The molecule has 1 rings (SSSR count). The number of quaternary nitrogens is 1. The molecule has 0 unspecified atom stereocenters. The van der Waals surface area contributed by atoms with Gasteiger partial charge in [-0.1, -0.05) is 30.3 Å². The van der Waals surface area contributed by atoms with Crippen molar-refractivity contribution >= 4 is 0 Å². The first-order chi connectivity index (χ1) is 4.43. The Morgan fingerprint density at radius 2 is 1.89 bits per heavy atom. The van der Waals surface area contributed by atoms with Crippen LogP contribution in [0.2, 0.25) is 0 Å². The summed E-state index contributed by atoms with van der Waals surface area (Å²) in [5.74, 6) is 0. The molecule has 0 heterocycles. The Balaban J connectivity index is 2.61. The average Bonchev–Trinajstić information content (AvgIpc) is 1.91. The lowest BCUT2D eigenvalue weighted by Gasteiger charge is -1.93. The van der Waals surface area contributed by atoms with E-state index in [0.29, 0.717) is 0 Å². The van der Waals surface area contributed by atoms with Crippen molar-refractivity contribution in [3.8, 4) is 0 Å². The van der Waals surface area contributed by atoms with Gasteiger partial charge in [0.25, 0.3) is 0 Å². The molecule has 0 saturated heterocycles. The zero-order valence-corrected chi connectivity index (χ0v) is 5.67. The average molecular weight is 122 g/mol. The van der Waals surface area contributed by atoms with Crippen LogP contribution in [0.3, 0.4) is 0 Å². The fourth-order valence-corrected chi connectivity index (χ4v) is 0.850. The number of hydrogen-bond acceptors (Lipinski definition) is 0. The van der Waals surface area contributed by atoms with Crippen molar-refractivity contribution in [3.05, 3.63) is 35.9 Å². The van der Waals surface area contributed by atoms with Gasteiger partial charge in [-0.15, -0.1) is 0 Å². The molecular weight excluding hydrogens is 110 g/mol. The molecule has 0 atom stereocenters. The van der Waals surface area contributed by atoms with Crippen LogP contribution in [-0.2, 0) is 6.54 Å². The van der Waals surface area contributed by atoms with E-state index in [9.17, 15) is 0 Å². The molecular formula is C8H12N+. The van der Waals surface area contributed by atoms with E-state index in [1.165, 1.54) is 5.56 Å². The van der Waals surface area contributed by atoms with Crippen LogP contribution in [0.1, 0.15) is 5.56 Å². The topological polar surface area (TPSA) is 16.6 Å². The molecule has 0 aliphatic heterocycles. The monoisotopic (exact) mass is 122 g/mol. The second-order valence-electron chi connectivity index (χ2n) is 2.10. The fourth-order valence-electron chi connectivity index (χ4n) is 0.850. The van der Waals surface area contributed by atoms with Gasteiger partial charge in [0.2, 0.25) is 0 Å². The summed E-state index contributed by atoms with van der Waals surface area (Å²) in [6, 6.07) is 10.5. The Morgan fingerprint density at radius 1 is 1.22 bits per heavy atom. The quantitative estimate of drug-likeness (QED) is 0.584. The minimum absolute atomic E-state index is 1.08. The molecule has 1 heteroatoms. The maximum absolute atomic E-state index is 2.16. The standard InChI is InChI=1S/C8H11N/c1-9-7-8-5-3-2-4-6-8/h2-6,9H,7H2,1H3/p+1. The van der Waals surface area contributed by atoms with E-state index < -0.39 is 0 Å². The Labute approximate surface area is 55.7 Å². The first-order valence-electron chi connectivity index (χ1n) is 3.25. The van der Waals surface area contributed by atoms with E-state index in [0.717, 1.165) is 6.54 Å². The highest BCUT2D eigenvalue weighted by Gasteiger charge is 1.86. The van der Waals surface area contributed by atoms with Gasteiger partial charge < -0.3 is 5.32 Å². The molecule has 48 valence electrons. The summed E-state index contributed by atoms with van der Waals surface area (Å²) in [6.45, 7) is 1.08. The molecule has 0 fully saturated rings. The largest absolute Gasteiger partial charge is 0.345 e. The van der Waals surface area contributed by atoms with Crippen LogP contribution >= 0.6 is 0 Å². The third-order valence-electron chi connectivity index (χ3n) is 1.28. The molecule has 0 aromatic heterocycles. The van der Waals surface area contributed by atoms with Crippen molar-refractivity contribution in [3.63, 3.8) is 0 Å². The lowest BCUT2D eigenvalue weighted by atomic mass is 10.2. The molecule has 1 aromatic rings.